The molecule has 0 aromatic rings. The van der Waals surface area contributed by atoms with E-state index < -0.39 is 22.8 Å². The molecular formula is C12H12O4. The number of aliphatic carboxylic acids is 2. The molecule has 0 amide bonds. The van der Waals surface area contributed by atoms with Crippen LogP contribution in [0, 0.1) is 46.3 Å². The molecule has 0 spiro atoms. The Morgan fingerprint density at radius 1 is 1.00 bits per heavy atom. The molecule has 2 bridgehead atoms. The van der Waals surface area contributed by atoms with Crippen molar-refractivity contribution in [3.8, 4) is 0 Å². The second-order valence-corrected chi connectivity index (χ2v) is 6.38. The zero-order chi connectivity index (χ0) is 11.0. The zero-order valence-corrected chi connectivity index (χ0v) is 8.59. The van der Waals surface area contributed by atoms with Crippen LogP contribution in [0.1, 0.15) is 12.8 Å². The molecule has 6 rings (SSSR count). The summed E-state index contributed by atoms with van der Waals surface area (Å²) < 4.78 is 0. The first-order chi connectivity index (χ1) is 7.60. The molecule has 6 fully saturated rings. The first-order valence-electron chi connectivity index (χ1n) is 6.07. The Kier molecular flexibility index (Phi) is 0.865. The van der Waals surface area contributed by atoms with E-state index in [-0.39, 0.29) is 11.8 Å². The SMILES string of the molecule is O=C(O)[C@@]12[C@H]3[C@H]4CC[C@@H]5[C@@H]3[C@@H]1[C@@]5(C(=O)O)[C@@H]42. The lowest BCUT2D eigenvalue weighted by Crippen LogP contribution is -3.02. The van der Waals surface area contributed by atoms with Crippen molar-refractivity contribution in [2.45, 2.75) is 12.8 Å². The molecule has 2 N–H and O–H groups in total. The maximum absolute atomic E-state index is 11.5. The molecule has 0 saturated heterocycles. The molecule has 0 heterocycles. The predicted octanol–water partition coefficient (Wildman–Crippen LogP) is 0.674. The van der Waals surface area contributed by atoms with Gasteiger partial charge in [-0.1, -0.05) is 0 Å². The summed E-state index contributed by atoms with van der Waals surface area (Å²) in [6.07, 6.45) is 2.11. The molecule has 6 aliphatic rings. The van der Waals surface area contributed by atoms with Gasteiger partial charge in [-0.3, -0.25) is 9.59 Å². The van der Waals surface area contributed by atoms with E-state index in [1.165, 1.54) is 0 Å². The molecule has 16 heavy (non-hydrogen) atoms. The largest absolute Gasteiger partial charge is 0.481 e. The molecule has 0 radical (unpaired) electrons. The number of fused-ring (bicyclic) bond motifs is 1. The van der Waals surface area contributed by atoms with Gasteiger partial charge in [-0.15, -0.1) is 0 Å². The van der Waals surface area contributed by atoms with E-state index in [2.05, 4.69) is 0 Å². The van der Waals surface area contributed by atoms with Crippen LogP contribution in [0.2, 0.25) is 0 Å². The summed E-state index contributed by atoms with van der Waals surface area (Å²) in [4.78, 5) is 22.9. The van der Waals surface area contributed by atoms with Crippen LogP contribution in [0.25, 0.3) is 0 Å². The summed E-state index contributed by atoms with van der Waals surface area (Å²) in [7, 11) is 0. The van der Waals surface area contributed by atoms with Gasteiger partial charge in [0.15, 0.2) is 0 Å². The van der Waals surface area contributed by atoms with Crippen LogP contribution in [-0.4, -0.2) is 22.2 Å². The smallest absolute Gasteiger partial charge is 0.310 e. The van der Waals surface area contributed by atoms with Gasteiger partial charge in [-0.05, 0) is 48.3 Å². The van der Waals surface area contributed by atoms with E-state index in [4.69, 9.17) is 0 Å². The molecule has 8 atom stereocenters. The number of rotatable bonds is 2. The fourth-order valence-corrected chi connectivity index (χ4v) is 7.10. The molecule has 0 aromatic heterocycles. The van der Waals surface area contributed by atoms with Crippen LogP contribution in [0.15, 0.2) is 0 Å². The zero-order valence-electron chi connectivity index (χ0n) is 8.59. The number of hydrogen-bond acceptors (Lipinski definition) is 2. The third kappa shape index (κ3) is 0.356. The van der Waals surface area contributed by atoms with Crippen molar-refractivity contribution in [1.29, 1.82) is 0 Å². The highest BCUT2D eigenvalue weighted by Gasteiger charge is 3.05. The summed E-state index contributed by atoms with van der Waals surface area (Å²) in [6, 6.07) is 0. The Hall–Kier alpha value is -1.06. The number of carboxylic acids is 2. The Morgan fingerprint density at radius 2 is 1.69 bits per heavy atom. The standard InChI is InChI=1S/C12H12O4/c13-9(14)11-4-2-1-3-6-5(4)8(11)12(6,7(3)11)10(15)16/h3-8H,1-2H2,(H,13,14)(H,15,16)/t3-,4-,5+,6+,7-,8-,11+,12-/m1/s1. The minimum Gasteiger partial charge on any atom is -0.481 e. The molecule has 6 saturated carbocycles. The van der Waals surface area contributed by atoms with Gasteiger partial charge < -0.3 is 10.2 Å². The van der Waals surface area contributed by atoms with Crippen molar-refractivity contribution in [2.75, 3.05) is 0 Å². The van der Waals surface area contributed by atoms with Crippen LogP contribution in [0.4, 0.5) is 0 Å². The van der Waals surface area contributed by atoms with Gasteiger partial charge in [-0.25, -0.2) is 0 Å². The van der Waals surface area contributed by atoms with Crippen molar-refractivity contribution >= 4 is 11.9 Å². The molecular weight excluding hydrogens is 208 g/mol. The van der Waals surface area contributed by atoms with Crippen LogP contribution in [0.5, 0.6) is 0 Å². The molecule has 0 aliphatic heterocycles. The van der Waals surface area contributed by atoms with Crippen LogP contribution < -0.4 is 0 Å². The maximum Gasteiger partial charge on any atom is 0.310 e. The summed E-state index contributed by atoms with van der Waals surface area (Å²) >= 11 is 0. The minimum absolute atomic E-state index is 0.00782. The Balaban J connectivity index is 1.73. The lowest BCUT2D eigenvalue weighted by atomic mass is 9.01. The van der Waals surface area contributed by atoms with Gasteiger partial charge in [0, 0.05) is 0 Å². The average Bonchev–Trinajstić information content (AvgIpc) is 2.14. The average molecular weight is 220 g/mol. The second kappa shape index (κ2) is 1.71. The van der Waals surface area contributed by atoms with E-state index in [0.29, 0.717) is 23.7 Å². The van der Waals surface area contributed by atoms with Gasteiger partial charge in [0.05, 0.1) is 10.8 Å². The van der Waals surface area contributed by atoms with Crippen molar-refractivity contribution < 1.29 is 19.8 Å². The lowest BCUT2D eigenvalue weighted by molar-refractivity contribution is -0.532. The van der Waals surface area contributed by atoms with Gasteiger partial charge in [0.1, 0.15) is 0 Å². The van der Waals surface area contributed by atoms with E-state index in [1.807, 2.05) is 0 Å². The van der Waals surface area contributed by atoms with Crippen molar-refractivity contribution in [2.24, 2.45) is 46.3 Å². The monoisotopic (exact) mass is 220 g/mol. The molecule has 84 valence electrons. The fraction of sp³-hybridized carbons (Fsp3) is 0.833. The normalized spacial score (nSPS) is 70.2. The maximum atomic E-state index is 11.5. The Labute approximate surface area is 91.6 Å². The molecule has 4 nitrogen and oxygen atoms in total. The van der Waals surface area contributed by atoms with Crippen LogP contribution >= 0.6 is 0 Å². The van der Waals surface area contributed by atoms with Gasteiger partial charge in [-0.2, -0.15) is 0 Å². The Morgan fingerprint density at radius 3 is 2.25 bits per heavy atom. The summed E-state index contributed by atoms with van der Waals surface area (Å²) in [5.74, 6) is 0.0975. The third-order valence-corrected chi connectivity index (χ3v) is 6.93. The Bertz CT molecular complexity index is 481. The minimum atomic E-state index is -0.711. The number of carbonyl (C=O) groups is 2. The van der Waals surface area contributed by atoms with Crippen molar-refractivity contribution in [3.63, 3.8) is 0 Å². The fourth-order valence-electron chi connectivity index (χ4n) is 7.10. The summed E-state index contributed by atoms with van der Waals surface area (Å²) in [6.45, 7) is 0. The highest BCUT2D eigenvalue weighted by atomic mass is 16.4. The van der Waals surface area contributed by atoms with Crippen LogP contribution in [-0.2, 0) is 9.59 Å². The van der Waals surface area contributed by atoms with E-state index in [9.17, 15) is 19.8 Å². The van der Waals surface area contributed by atoms with Crippen LogP contribution in [0.3, 0.4) is 0 Å². The van der Waals surface area contributed by atoms with Gasteiger partial charge in [0.2, 0.25) is 0 Å². The first kappa shape index (κ1) is 8.09. The van der Waals surface area contributed by atoms with Crippen molar-refractivity contribution in [3.05, 3.63) is 0 Å². The highest BCUT2D eigenvalue weighted by molar-refractivity contribution is 5.93. The van der Waals surface area contributed by atoms with Crippen molar-refractivity contribution in [1.82, 2.24) is 0 Å². The third-order valence-electron chi connectivity index (χ3n) is 6.93. The van der Waals surface area contributed by atoms with E-state index >= 15 is 0 Å². The summed E-state index contributed by atoms with van der Waals surface area (Å²) in [5.41, 5.74) is -1.18. The lowest BCUT2D eigenvalue weighted by Gasteiger charge is -2.99. The number of hydrogen-bond donors (Lipinski definition) is 2. The first-order valence-corrected chi connectivity index (χ1v) is 6.07. The van der Waals surface area contributed by atoms with E-state index in [0.717, 1.165) is 12.8 Å². The molecule has 0 unspecified atom stereocenters. The predicted molar refractivity (Wildman–Crippen MR) is 50.3 cm³/mol. The quantitative estimate of drug-likeness (QED) is 0.717. The number of carboxylic acid groups (broad SMARTS) is 2. The summed E-state index contributed by atoms with van der Waals surface area (Å²) in [5, 5.41) is 18.9. The van der Waals surface area contributed by atoms with Gasteiger partial charge in [0.25, 0.3) is 0 Å². The highest BCUT2D eigenvalue weighted by Crippen LogP contribution is 3.01. The molecule has 4 heteroatoms. The second-order valence-electron chi connectivity index (χ2n) is 6.38. The topological polar surface area (TPSA) is 74.6 Å². The van der Waals surface area contributed by atoms with Gasteiger partial charge >= 0.3 is 11.9 Å². The van der Waals surface area contributed by atoms with E-state index in [1.54, 1.807) is 0 Å². The molecule has 6 aliphatic carbocycles. The molecule has 0 aromatic carbocycles.